The van der Waals surface area contributed by atoms with Gasteiger partial charge in [0.05, 0.1) is 17.6 Å². The lowest BCUT2D eigenvalue weighted by atomic mass is 10.2. The fraction of sp³-hybridized carbons (Fsp3) is 0.0556. The topological polar surface area (TPSA) is 43.6 Å². The van der Waals surface area contributed by atoms with Gasteiger partial charge in [0.15, 0.2) is 5.82 Å². The molecule has 0 aliphatic carbocycles. The Morgan fingerprint density at radius 2 is 1.77 bits per heavy atom. The second-order valence-electron chi connectivity index (χ2n) is 5.09. The van der Waals surface area contributed by atoms with Crippen molar-refractivity contribution in [2.75, 3.05) is 0 Å². The quantitative estimate of drug-likeness (QED) is 0.578. The van der Waals surface area contributed by atoms with Crippen molar-refractivity contribution < 1.29 is 0 Å². The lowest BCUT2D eigenvalue weighted by molar-refractivity contribution is 0.825. The standard InChI is InChI=1S/C18H14N4/c1-2-9-17-15(7-1)21-18(16-8-3-4-11-20-16)22(17)13-14-6-5-10-19-12-14/h1-12H,13H2. The van der Waals surface area contributed by atoms with Crippen LogP contribution >= 0.6 is 0 Å². The molecule has 0 bridgehead atoms. The average Bonchev–Trinajstić information content (AvgIpc) is 2.95. The minimum atomic E-state index is 0.722. The van der Waals surface area contributed by atoms with Crippen molar-refractivity contribution in [1.29, 1.82) is 0 Å². The van der Waals surface area contributed by atoms with Gasteiger partial charge in [-0.25, -0.2) is 4.98 Å². The normalized spacial score (nSPS) is 10.9. The van der Waals surface area contributed by atoms with E-state index in [4.69, 9.17) is 4.98 Å². The maximum atomic E-state index is 4.76. The van der Waals surface area contributed by atoms with E-state index in [1.54, 1.807) is 12.4 Å². The Morgan fingerprint density at radius 1 is 0.864 bits per heavy atom. The van der Waals surface area contributed by atoms with Gasteiger partial charge >= 0.3 is 0 Å². The van der Waals surface area contributed by atoms with E-state index < -0.39 is 0 Å². The highest BCUT2D eigenvalue weighted by Gasteiger charge is 2.13. The fourth-order valence-corrected chi connectivity index (χ4v) is 2.60. The van der Waals surface area contributed by atoms with E-state index in [1.165, 1.54) is 0 Å². The van der Waals surface area contributed by atoms with Crippen molar-refractivity contribution in [3.05, 3.63) is 78.8 Å². The van der Waals surface area contributed by atoms with E-state index in [0.717, 1.165) is 34.7 Å². The Labute approximate surface area is 128 Å². The third-order valence-electron chi connectivity index (χ3n) is 3.61. The van der Waals surface area contributed by atoms with Gasteiger partial charge in [-0.2, -0.15) is 0 Å². The van der Waals surface area contributed by atoms with Crippen LogP contribution in [0, 0.1) is 0 Å². The number of hydrogen-bond acceptors (Lipinski definition) is 3. The molecule has 0 spiro atoms. The van der Waals surface area contributed by atoms with Crippen LogP contribution in [-0.4, -0.2) is 19.5 Å². The van der Waals surface area contributed by atoms with Crippen LogP contribution in [0.1, 0.15) is 5.56 Å². The smallest absolute Gasteiger partial charge is 0.160 e. The summed E-state index contributed by atoms with van der Waals surface area (Å²) in [6.45, 7) is 0.722. The highest BCUT2D eigenvalue weighted by atomic mass is 15.1. The van der Waals surface area contributed by atoms with Gasteiger partial charge in [0.25, 0.3) is 0 Å². The van der Waals surface area contributed by atoms with Gasteiger partial charge in [0, 0.05) is 18.6 Å². The molecule has 4 nitrogen and oxygen atoms in total. The molecule has 0 unspecified atom stereocenters. The number of fused-ring (bicyclic) bond motifs is 1. The first-order valence-corrected chi connectivity index (χ1v) is 7.17. The minimum absolute atomic E-state index is 0.722. The summed E-state index contributed by atoms with van der Waals surface area (Å²) in [5, 5.41) is 0. The Morgan fingerprint density at radius 3 is 2.59 bits per heavy atom. The molecule has 4 rings (SSSR count). The van der Waals surface area contributed by atoms with Crippen LogP contribution in [-0.2, 0) is 6.54 Å². The van der Waals surface area contributed by atoms with Gasteiger partial charge in [0.1, 0.15) is 5.69 Å². The first-order valence-electron chi connectivity index (χ1n) is 7.17. The zero-order valence-electron chi connectivity index (χ0n) is 11.9. The van der Waals surface area contributed by atoms with E-state index in [1.807, 2.05) is 48.7 Å². The molecule has 0 fully saturated rings. The lowest BCUT2D eigenvalue weighted by Crippen LogP contribution is -2.03. The van der Waals surface area contributed by atoms with Crippen molar-refractivity contribution >= 4 is 11.0 Å². The average molecular weight is 286 g/mol. The predicted octanol–water partition coefficient (Wildman–Crippen LogP) is 3.54. The molecule has 3 aromatic heterocycles. The largest absolute Gasteiger partial charge is 0.318 e. The van der Waals surface area contributed by atoms with Gasteiger partial charge in [-0.05, 0) is 35.9 Å². The van der Waals surface area contributed by atoms with E-state index in [2.05, 4.69) is 26.7 Å². The fourth-order valence-electron chi connectivity index (χ4n) is 2.60. The monoisotopic (exact) mass is 286 g/mol. The summed E-state index contributed by atoms with van der Waals surface area (Å²) in [7, 11) is 0. The second kappa shape index (κ2) is 5.41. The summed E-state index contributed by atoms with van der Waals surface area (Å²) in [4.78, 5) is 13.4. The molecule has 22 heavy (non-hydrogen) atoms. The summed E-state index contributed by atoms with van der Waals surface area (Å²) in [5.41, 5.74) is 4.10. The highest BCUT2D eigenvalue weighted by molar-refractivity contribution is 5.80. The third-order valence-corrected chi connectivity index (χ3v) is 3.61. The lowest BCUT2D eigenvalue weighted by Gasteiger charge is -2.08. The maximum absolute atomic E-state index is 4.76. The van der Waals surface area contributed by atoms with E-state index in [9.17, 15) is 0 Å². The molecule has 4 heteroatoms. The molecule has 0 saturated carbocycles. The molecule has 3 heterocycles. The number of rotatable bonds is 3. The number of nitrogens with zero attached hydrogens (tertiary/aromatic N) is 4. The molecule has 4 aromatic rings. The zero-order chi connectivity index (χ0) is 14.8. The van der Waals surface area contributed by atoms with Crippen LogP contribution in [0.25, 0.3) is 22.6 Å². The molecule has 0 aliphatic heterocycles. The van der Waals surface area contributed by atoms with Crippen LogP contribution in [0.2, 0.25) is 0 Å². The number of para-hydroxylation sites is 2. The SMILES string of the molecule is c1ccc(-c2nc3ccccc3n2Cc2cccnc2)nc1. The number of hydrogen-bond donors (Lipinski definition) is 0. The molecule has 106 valence electrons. The minimum Gasteiger partial charge on any atom is -0.318 e. The van der Waals surface area contributed by atoms with E-state index >= 15 is 0 Å². The molecular weight excluding hydrogens is 272 g/mol. The van der Waals surface area contributed by atoms with Crippen LogP contribution in [0.3, 0.4) is 0 Å². The first-order chi connectivity index (χ1) is 10.9. The molecule has 1 aromatic carbocycles. The summed E-state index contributed by atoms with van der Waals surface area (Å²) in [6.07, 6.45) is 5.47. The predicted molar refractivity (Wildman–Crippen MR) is 86.3 cm³/mol. The summed E-state index contributed by atoms with van der Waals surface area (Å²) >= 11 is 0. The maximum Gasteiger partial charge on any atom is 0.160 e. The van der Waals surface area contributed by atoms with Crippen molar-refractivity contribution in [2.24, 2.45) is 0 Å². The Hall–Kier alpha value is -3.01. The molecule has 0 atom stereocenters. The van der Waals surface area contributed by atoms with Gasteiger partial charge in [-0.1, -0.05) is 24.3 Å². The van der Waals surface area contributed by atoms with Crippen molar-refractivity contribution in [3.8, 4) is 11.5 Å². The molecule has 0 saturated heterocycles. The Bertz CT molecular complexity index is 898. The van der Waals surface area contributed by atoms with E-state index in [-0.39, 0.29) is 0 Å². The number of benzene rings is 1. The molecule has 0 radical (unpaired) electrons. The highest BCUT2D eigenvalue weighted by Crippen LogP contribution is 2.24. The van der Waals surface area contributed by atoms with E-state index in [0.29, 0.717) is 0 Å². The zero-order valence-corrected chi connectivity index (χ0v) is 11.9. The number of aromatic nitrogens is 4. The molecule has 0 N–H and O–H groups in total. The van der Waals surface area contributed by atoms with Crippen molar-refractivity contribution in [1.82, 2.24) is 19.5 Å². The summed E-state index contributed by atoms with van der Waals surface area (Å²) in [6, 6.07) is 18.1. The van der Waals surface area contributed by atoms with Crippen LogP contribution < -0.4 is 0 Å². The van der Waals surface area contributed by atoms with Gasteiger partial charge in [-0.15, -0.1) is 0 Å². The first kappa shape index (κ1) is 12.7. The molecule has 0 aliphatic rings. The summed E-state index contributed by atoms with van der Waals surface area (Å²) < 4.78 is 2.19. The van der Waals surface area contributed by atoms with Gasteiger partial charge in [0.2, 0.25) is 0 Å². The molecular formula is C18H14N4. The number of pyridine rings is 2. The number of imidazole rings is 1. The Kier molecular flexibility index (Phi) is 3.12. The van der Waals surface area contributed by atoms with Crippen molar-refractivity contribution in [2.45, 2.75) is 6.54 Å². The molecule has 0 amide bonds. The van der Waals surface area contributed by atoms with Gasteiger partial charge < -0.3 is 4.57 Å². The van der Waals surface area contributed by atoms with Crippen LogP contribution in [0.5, 0.6) is 0 Å². The second-order valence-corrected chi connectivity index (χ2v) is 5.09. The van der Waals surface area contributed by atoms with Crippen LogP contribution in [0.4, 0.5) is 0 Å². The Balaban J connectivity index is 1.91. The summed E-state index contributed by atoms with van der Waals surface area (Å²) in [5.74, 6) is 0.880. The van der Waals surface area contributed by atoms with Gasteiger partial charge in [-0.3, -0.25) is 9.97 Å². The van der Waals surface area contributed by atoms with Crippen molar-refractivity contribution in [3.63, 3.8) is 0 Å². The third kappa shape index (κ3) is 2.24. The van der Waals surface area contributed by atoms with Crippen LogP contribution in [0.15, 0.2) is 73.2 Å².